The molecule has 110 valence electrons. The Bertz CT molecular complexity index is 460. The van der Waals surface area contributed by atoms with Gasteiger partial charge in [-0.3, -0.25) is 14.5 Å². The molecule has 0 fully saturated rings. The molecule has 0 heterocycles. The number of ketones is 1. The Hall–Kier alpha value is -1.88. The van der Waals surface area contributed by atoms with Gasteiger partial charge in [-0.1, -0.05) is 12.1 Å². The summed E-state index contributed by atoms with van der Waals surface area (Å²) >= 11 is 0. The number of Topliss-reactive ketones (excluding diaryl/α,β-unsaturated/α-hetero) is 1. The quantitative estimate of drug-likeness (QED) is 0.729. The Balaban J connectivity index is 2.60. The molecule has 0 bridgehead atoms. The summed E-state index contributed by atoms with van der Waals surface area (Å²) in [7, 11) is 3.43. The minimum atomic E-state index is -0.0287. The van der Waals surface area contributed by atoms with E-state index in [4.69, 9.17) is 4.74 Å². The number of para-hydroxylation sites is 1. The maximum atomic E-state index is 12.2. The third kappa shape index (κ3) is 5.01. The first-order chi connectivity index (χ1) is 9.58. The highest BCUT2D eigenvalue weighted by Gasteiger charge is 2.14. The molecule has 0 unspecified atom stereocenters. The predicted octanol–water partition coefficient (Wildman–Crippen LogP) is 1.34. The smallest absolute Gasteiger partial charge is 0.221 e. The van der Waals surface area contributed by atoms with Crippen LogP contribution in [0.1, 0.15) is 23.7 Å². The number of nitrogens with zero attached hydrogens (tertiary/aromatic N) is 1. The molecule has 0 aromatic heterocycles. The van der Waals surface area contributed by atoms with E-state index < -0.39 is 0 Å². The maximum absolute atomic E-state index is 12.2. The summed E-state index contributed by atoms with van der Waals surface area (Å²) in [6.45, 7) is 3.22. The maximum Gasteiger partial charge on any atom is 0.221 e. The van der Waals surface area contributed by atoms with Crippen molar-refractivity contribution in [2.24, 2.45) is 0 Å². The summed E-state index contributed by atoms with van der Waals surface area (Å²) < 4.78 is 5.45. The van der Waals surface area contributed by atoms with Gasteiger partial charge in [-0.05, 0) is 26.1 Å². The lowest BCUT2D eigenvalue weighted by molar-refractivity contribution is -0.120. The van der Waals surface area contributed by atoms with Crippen LogP contribution in [0.25, 0.3) is 0 Å². The summed E-state index contributed by atoms with van der Waals surface area (Å²) in [5, 5.41) is 2.56. The Morgan fingerprint density at radius 3 is 2.65 bits per heavy atom. The van der Waals surface area contributed by atoms with Crippen LogP contribution in [0, 0.1) is 0 Å². The SMILES string of the molecule is CCOc1ccccc1C(=O)CN(C)CCC(=O)NC. The Morgan fingerprint density at radius 1 is 1.30 bits per heavy atom. The van der Waals surface area contributed by atoms with Crippen LogP contribution in [-0.2, 0) is 4.79 Å². The molecule has 20 heavy (non-hydrogen) atoms. The van der Waals surface area contributed by atoms with E-state index in [1.165, 1.54) is 0 Å². The van der Waals surface area contributed by atoms with Gasteiger partial charge in [-0.2, -0.15) is 0 Å². The highest BCUT2D eigenvalue weighted by atomic mass is 16.5. The van der Waals surface area contributed by atoms with E-state index >= 15 is 0 Å². The second-order valence-corrected chi connectivity index (χ2v) is 4.51. The summed E-state index contributed by atoms with van der Waals surface area (Å²) in [6.07, 6.45) is 0.382. The highest BCUT2D eigenvalue weighted by molar-refractivity contribution is 6.00. The normalized spacial score (nSPS) is 10.4. The van der Waals surface area contributed by atoms with E-state index in [1.54, 1.807) is 19.2 Å². The number of hydrogen-bond donors (Lipinski definition) is 1. The van der Waals surface area contributed by atoms with Crippen molar-refractivity contribution < 1.29 is 14.3 Å². The van der Waals surface area contributed by atoms with Gasteiger partial charge in [0.2, 0.25) is 5.91 Å². The number of nitrogens with one attached hydrogen (secondary N) is 1. The molecule has 0 aliphatic rings. The molecule has 0 spiro atoms. The molecule has 0 saturated carbocycles. The molecule has 0 radical (unpaired) electrons. The van der Waals surface area contributed by atoms with Crippen molar-refractivity contribution in [1.29, 1.82) is 0 Å². The monoisotopic (exact) mass is 278 g/mol. The van der Waals surface area contributed by atoms with Gasteiger partial charge in [0.05, 0.1) is 18.7 Å². The zero-order valence-corrected chi connectivity index (χ0v) is 12.3. The van der Waals surface area contributed by atoms with Gasteiger partial charge in [0.1, 0.15) is 5.75 Å². The number of carbonyl (C=O) groups excluding carboxylic acids is 2. The van der Waals surface area contributed by atoms with E-state index in [-0.39, 0.29) is 18.2 Å². The van der Waals surface area contributed by atoms with Crippen molar-refractivity contribution in [1.82, 2.24) is 10.2 Å². The minimum Gasteiger partial charge on any atom is -0.493 e. The zero-order chi connectivity index (χ0) is 15.0. The van der Waals surface area contributed by atoms with Gasteiger partial charge in [0, 0.05) is 20.0 Å². The molecular formula is C15H22N2O3. The van der Waals surface area contributed by atoms with Gasteiger partial charge < -0.3 is 10.1 Å². The fraction of sp³-hybridized carbons (Fsp3) is 0.467. The Kier molecular flexibility index (Phi) is 6.73. The molecule has 0 aliphatic carbocycles. The van der Waals surface area contributed by atoms with Crippen molar-refractivity contribution in [3.63, 3.8) is 0 Å². The molecule has 1 aromatic carbocycles. The second-order valence-electron chi connectivity index (χ2n) is 4.51. The van der Waals surface area contributed by atoms with Crippen LogP contribution in [0.15, 0.2) is 24.3 Å². The summed E-state index contributed by atoms with van der Waals surface area (Å²) in [5.74, 6) is 0.576. The largest absolute Gasteiger partial charge is 0.493 e. The van der Waals surface area contributed by atoms with Crippen LogP contribution in [-0.4, -0.2) is 50.4 Å². The van der Waals surface area contributed by atoms with Crippen molar-refractivity contribution in [2.75, 3.05) is 33.8 Å². The lowest BCUT2D eigenvalue weighted by atomic mass is 10.1. The number of amides is 1. The van der Waals surface area contributed by atoms with Gasteiger partial charge >= 0.3 is 0 Å². The van der Waals surface area contributed by atoms with Gasteiger partial charge in [-0.15, -0.1) is 0 Å². The van der Waals surface area contributed by atoms with Crippen LogP contribution < -0.4 is 10.1 Å². The zero-order valence-electron chi connectivity index (χ0n) is 12.3. The highest BCUT2D eigenvalue weighted by Crippen LogP contribution is 2.18. The van der Waals surface area contributed by atoms with Crippen molar-refractivity contribution in [3.8, 4) is 5.75 Å². The van der Waals surface area contributed by atoms with Gasteiger partial charge in [-0.25, -0.2) is 0 Å². The Labute approximate surface area is 119 Å². The summed E-state index contributed by atoms with van der Waals surface area (Å²) in [5.41, 5.74) is 0.584. The first-order valence-corrected chi connectivity index (χ1v) is 6.72. The number of hydrogen-bond acceptors (Lipinski definition) is 4. The lowest BCUT2D eigenvalue weighted by Crippen LogP contribution is -2.30. The standard InChI is InChI=1S/C15H22N2O3/c1-4-20-14-8-6-5-7-12(14)13(18)11-17(3)10-9-15(19)16-2/h5-8H,4,9-11H2,1-3H3,(H,16,19). The molecule has 5 heteroatoms. The Morgan fingerprint density at radius 2 is 2.00 bits per heavy atom. The molecule has 1 N–H and O–H groups in total. The van der Waals surface area contributed by atoms with E-state index in [1.807, 2.05) is 31.0 Å². The van der Waals surface area contributed by atoms with Crippen molar-refractivity contribution in [2.45, 2.75) is 13.3 Å². The molecule has 1 rings (SSSR count). The number of benzene rings is 1. The average molecular weight is 278 g/mol. The predicted molar refractivity (Wildman–Crippen MR) is 78.1 cm³/mol. The summed E-state index contributed by atoms with van der Waals surface area (Å²) in [6, 6.07) is 7.22. The van der Waals surface area contributed by atoms with Crippen LogP contribution >= 0.6 is 0 Å². The first kappa shape index (κ1) is 16.2. The van der Waals surface area contributed by atoms with E-state index in [9.17, 15) is 9.59 Å². The molecule has 0 saturated heterocycles. The first-order valence-electron chi connectivity index (χ1n) is 6.72. The van der Waals surface area contributed by atoms with Crippen LogP contribution in [0.5, 0.6) is 5.75 Å². The van der Waals surface area contributed by atoms with Crippen LogP contribution in [0.4, 0.5) is 0 Å². The average Bonchev–Trinajstić information content (AvgIpc) is 2.45. The summed E-state index contributed by atoms with van der Waals surface area (Å²) in [4.78, 5) is 25.2. The van der Waals surface area contributed by atoms with Crippen molar-refractivity contribution in [3.05, 3.63) is 29.8 Å². The minimum absolute atomic E-state index is 0.00606. The van der Waals surface area contributed by atoms with Crippen LogP contribution in [0.3, 0.4) is 0 Å². The van der Waals surface area contributed by atoms with Crippen molar-refractivity contribution >= 4 is 11.7 Å². The van der Waals surface area contributed by atoms with Gasteiger partial charge in [0.15, 0.2) is 5.78 Å². The van der Waals surface area contributed by atoms with E-state index in [0.29, 0.717) is 30.9 Å². The number of likely N-dealkylation sites (N-methyl/N-ethyl adjacent to an activating group) is 1. The molecule has 0 aliphatic heterocycles. The third-order valence-electron chi connectivity index (χ3n) is 2.90. The number of rotatable bonds is 8. The van der Waals surface area contributed by atoms with Gasteiger partial charge in [0.25, 0.3) is 0 Å². The molecule has 1 amide bonds. The fourth-order valence-electron chi connectivity index (χ4n) is 1.81. The fourth-order valence-corrected chi connectivity index (χ4v) is 1.81. The topological polar surface area (TPSA) is 58.6 Å². The third-order valence-corrected chi connectivity index (χ3v) is 2.90. The molecular weight excluding hydrogens is 256 g/mol. The van der Waals surface area contributed by atoms with E-state index in [0.717, 1.165) is 0 Å². The number of ether oxygens (including phenoxy) is 1. The second kappa shape index (κ2) is 8.32. The molecule has 5 nitrogen and oxygen atoms in total. The molecule has 1 aromatic rings. The lowest BCUT2D eigenvalue weighted by Gasteiger charge is -2.16. The van der Waals surface area contributed by atoms with E-state index in [2.05, 4.69) is 5.32 Å². The van der Waals surface area contributed by atoms with Crippen LogP contribution in [0.2, 0.25) is 0 Å². The molecule has 0 atom stereocenters. The number of carbonyl (C=O) groups is 2.